The Morgan fingerprint density at radius 3 is 2.00 bits per heavy atom. The minimum absolute atomic E-state index is 0.718. The number of allylic oxidation sites excluding steroid dienone is 2. The summed E-state index contributed by atoms with van der Waals surface area (Å²) in [5.41, 5.74) is 0. The molecule has 2 aliphatic rings. The normalized spacial score (nSPS) is 32.2. The molecule has 2 rings (SSSR count). The monoisotopic (exact) mass is 318 g/mol. The molecule has 0 atom stereocenters. The predicted octanol–water partition coefficient (Wildman–Crippen LogP) is 6.55. The van der Waals surface area contributed by atoms with E-state index in [0.29, 0.717) is 0 Å². The van der Waals surface area contributed by atoms with Gasteiger partial charge in [0.2, 0.25) is 0 Å². The molecule has 0 bridgehead atoms. The molecular weight excluding hydrogens is 280 g/mol. The second-order valence-corrected chi connectivity index (χ2v) is 7.91. The van der Waals surface area contributed by atoms with Gasteiger partial charge in [-0.25, -0.2) is 0 Å². The summed E-state index contributed by atoms with van der Waals surface area (Å²) in [7, 11) is 0. The average Bonchev–Trinajstić information content (AvgIpc) is 2.60. The lowest BCUT2D eigenvalue weighted by atomic mass is 9.75. The number of hydrogen-bond acceptors (Lipinski definition) is 1. The van der Waals surface area contributed by atoms with Gasteiger partial charge in [0.25, 0.3) is 0 Å². The third-order valence-electron chi connectivity index (χ3n) is 6.07. The number of rotatable bonds is 9. The van der Waals surface area contributed by atoms with Crippen molar-refractivity contribution in [2.75, 3.05) is 13.2 Å². The van der Waals surface area contributed by atoms with Gasteiger partial charge in [-0.2, -0.15) is 0 Å². The quantitative estimate of drug-likeness (QED) is 0.346. The van der Waals surface area contributed by atoms with E-state index in [4.69, 9.17) is 4.74 Å². The lowest BCUT2D eigenvalue weighted by molar-refractivity contribution is 0.0937. The minimum atomic E-state index is 0.718. The van der Waals surface area contributed by atoms with Crippen molar-refractivity contribution in [2.24, 2.45) is 23.7 Å². The van der Waals surface area contributed by atoms with Crippen LogP contribution in [0.5, 0.6) is 0 Å². The largest absolute Gasteiger partial charge is 0.377 e. The van der Waals surface area contributed by atoms with E-state index in [2.05, 4.69) is 25.7 Å². The van der Waals surface area contributed by atoms with E-state index in [1.165, 1.54) is 70.6 Å². The van der Waals surface area contributed by atoms with Crippen molar-refractivity contribution in [3.05, 3.63) is 24.8 Å². The fourth-order valence-corrected chi connectivity index (χ4v) is 4.47. The summed E-state index contributed by atoms with van der Waals surface area (Å²) >= 11 is 0. The zero-order valence-corrected chi connectivity index (χ0v) is 15.3. The molecule has 2 aliphatic carbocycles. The van der Waals surface area contributed by atoms with Gasteiger partial charge in [0.05, 0.1) is 6.61 Å². The Labute approximate surface area is 144 Å². The van der Waals surface area contributed by atoms with Crippen molar-refractivity contribution in [2.45, 2.75) is 77.6 Å². The first-order valence-electron chi connectivity index (χ1n) is 10.2. The summed E-state index contributed by atoms with van der Waals surface area (Å²) in [4.78, 5) is 0. The molecule has 0 N–H and O–H groups in total. The Hall–Kier alpha value is -0.560. The van der Waals surface area contributed by atoms with Crippen LogP contribution < -0.4 is 0 Å². The van der Waals surface area contributed by atoms with E-state index in [0.717, 1.165) is 36.9 Å². The van der Waals surface area contributed by atoms with Crippen molar-refractivity contribution in [1.82, 2.24) is 0 Å². The van der Waals surface area contributed by atoms with Crippen LogP contribution in [0.25, 0.3) is 0 Å². The molecule has 0 amide bonds. The van der Waals surface area contributed by atoms with Crippen molar-refractivity contribution in [3.63, 3.8) is 0 Å². The van der Waals surface area contributed by atoms with E-state index in [9.17, 15) is 0 Å². The van der Waals surface area contributed by atoms with Crippen LogP contribution in [-0.4, -0.2) is 13.2 Å². The van der Waals surface area contributed by atoms with E-state index >= 15 is 0 Å². The molecule has 0 spiro atoms. The van der Waals surface area contributed by atoms with Crippen LogP contribution in [0.4, 0.5) is 0 Å². The average molecular weight is 319 g/mol. The Morgan fingerprint density at radius 2 is 1.43 bits per heavy atom. The van der Waals surface area contributed by atoms with Crippen LogP contribution in [0.1, 0.15) is 77.6 Å². The topological polar surface area (TPSA) is 9.23 Å². The minimum Gasteiger partial charge on any atom is -0.377 e. The molecule has 0 radical (unpaired) electrons. The van der Waals surface area contributed by atoms with Crippen LogP contribution in [0.3, 0.4) is 0 Å². The maximum absolute atomic E-state index is 5.63. The first-order valence-corrected chi connectivity index (χ1v) is 10.2. The molecule has 0 aliphatic heterocycles. The molecule has 23 heavy (non-hydrogen) atoms. The van der Waals surface area contributed by atoms with Crippen molar-refractivity contribution < 1.29 is 4.74 Å². The number of ether oxygens (including phenoxy) is 1. The lowest BCUT2D eigenvalue weighted by Crippen LogP contribution is -2.20. The van der Waals surface area contributed by atoms with Crippen LogP contribution in [0.15, 0.2) is 24.8 Å². The fraction of sp³-hybridized carbons (Fsp3) is 0.818. The second kappa shape index (κ2) is 11.1. The van der Waals surface area contributed by atoms with Crippen LogP contribution in [-0.2, 0) is 4.74 Å². The predicted molar refractivity (Wildman–Crippen MR) is 101 cm³/mol. The smallest absolute Gasteiger partial charge is 0.0644 e. The molecular formula is C22H38O. The van der Waals surface area contributed by atoms with Gasteiger partial charge in [-0.1, -0.05) is 50.8 Å². The van der Waals surface area contributed by atoms with Gasteiger partial charge in [0.1, 0.15) is 0 Å². The molecule has 1 nitrogen and oxygen atoms in total. The number of hydrogen-bond donors (Lipinski definition) is 0. The molecule has 0 aromatic carbocycles. The summed E-state index contributed by atoms with van der Waals surface area (Å²) < 4.78 is 5.63. The summed E-state index contributed by atoms with van der Waals surface area (Å²) in [6.07, 6.45) is 22.4. The van der Waals surface area contributed by atoms with Crippen LogP contribution >= 0.6 is 0 Å². The zero-order valence-electron chi connectivity index (χ0n) is 15.3. The van der Waals surface area contributed by atoms with Gasteiger partial charge in [-0.05, 0) is 68.6 Å². The zero-order chi connectivity index (χ0) is 16.3. The summed E-state index contributed by atoms with van der Waals surface area (Å²) in [6, 6.07) is 0. The summed E-state index contributed by atoms with van der Waals surface area (Å²) in [5.74, 6) is 3.72. The molecule has 1 heteroatoms. The highest BCUT2D eigenvalue weighted by atomic mass is 16.5. The van der Waals surface area contributed by atoms with E-state index in [-0.39, 0.29) is 0 Å². The maximum Gasteiger partial charge on any atom is 0.0644 e. The van der Waals surface area contributed by atoms with E-state index < -0.39 is 0 Å². The molecule has 132 valence electrons. The van der Waals surface area contributed by atoms with Gasteiger partial charge < -0.3 is 4.74 Å². The third-order valence-corrected chi connectivity index (χ3v) is 6.07. The molecule has 0 unspecified atom stereocenters. The Balaban J connectivity index is 1.54. The van der Waals surface area contributed by atoms with Gasteiger partial charge in [0, 0.05) is 6.61 Å². The Morgan fingerprint density at radius 1 is 0.870 bits per heavy atom. The molecule has 2 fully saturated rings. The van der Waals surface area contributed by atoms with Crippen molar-refractivity contribution in [3.8, 4) is 0 Å². The summed E-state index contributed by atoms with van der Waals surface area (Å²) in [5, 5.41) is 0. The maximum atomic E-state index is 5.63. The van der Waals surface area contributed by atoms with Gasteiger partial charge >= 0.3 is 0 Å². The molecule has 0 aromatic heterocycles. The Bertz CT molecular complexity index is 330. The molecule has 0 aromatic rings. The van der Waals surface area contributed by atoms with Crippen LogP contribution in [0.2, 0.25) is 0 Å². The van der Waals surface area contributed by atoms with E-state index in [1.807, 2.05) is 6.08 Å². The van der Waals surface area contributed by atoms with Crippen molar-refractivity contribution >= 4 is 0 Å². The van der Waals surface area contributed by atoms with E-state index in [1.54, 1.807) is 0 Å². The molecule has 0 heterocycles. The highest BCUT2D eigenvalue weighted by Gasteiger charge is 2.24. The molecule has 0 saturated heterocycles. The standard InChI is InChI=1S/C22H38O/c1-3-5-6-19-7-9-20(10-8-19)11-12-21-13-15-22(16-14-21)18-23-17-4-2/h4-6,19-22H,2-3,7-18H2,1H3/b6-5+/t19-,20-,21?,22?. The highest BCUT2D eigenvalue weighted by Crippen LogP contribution is 2.36. The highest BCUT2D eigenvalue weighted by molar-refractivity contribution is 4.90. The van der Waals surface area contributed by atoms with Crippen molar-refractivity contribution in [1.29, 1.82) is 0 Å². The SMILES string of the molecule is C=CCOCC1CCC(CC[C@H]2CC[C@H](/C=C/CC)CC2)CC1. The Kier molecular flexibility index (Phi) is 9.04. The first kappa shape index (κ1) is 18.8. The van der Waals surface area contributed by atoms with Crippen LogP contribution in [0, 0.1) is 23.7 Å². The van der Waals surface area contributed by atoms with Gasteiger partial charge in [-0.15, -0.1) is 6.58 Å². The van der Waals surface area contributed by atoms with Gasteiger partial charge in [0.15, 0.2) is 0 Å². The third kappa shape index (κ3) is 7.25. The molecule has 2 saturated carbocycles. The fourth-order valence-electron chi connectivity index (χ4n) is 4.47. The van der Waals surface area contributed by atoms with Gasteiger partial charge in [-0.3, -0.25) is 0 Å². The first-order chi connectivity index (χ1) is 11.3. The lowest BCUT2D eigenvalue weighted by Gasteiger charge is -2.31. The second-order valence-electron chi connectivity index (χ2n) is 7.91. The summed E-state index contributed by atoms with van der Waals surface area (Å²) in [6.45, 7) is 7.62.